The van der Waals surface area contributed by atoms with Crippen LogP contribution in [0.15, 0.2) is 36.4 Å². The second-order valence-corrected chi connectivity index (χ2v) is 6.45. The first-order valence-corrected chi connectivity index (χ1v) is 7.45. The van der Waals surface area contributed by atoms with E-state index in [1.165, 1.54) is 7.11 Å². The molecule has 2 N–H and O–H groups in total. The number of carbonyl (C=O) groups excluding carboxylic acids is 1. The molecule has 0 fully saturated rings. The zero-order valence-corrected chi connectivity index (χ0v) is 14.2. The van der Waals surface area contributed by atoms with Crippen LogP contribution in [0.1, 0.15) is 34.1 Å². The van der Waals surface area contributed by atoms with Crippen LogP contribution in [0.25, 0.3) is 0 Å². The van der Waals surface area contributed by atoms with E-state index in [0.717, 1.165) is 17.9 Å². The van der Waals surface area contributed by atoms with E-state index in [2.05, 4.69) is 6.08 Å². The van der Waals surface area contributed by atoms with Crippen LogP contribution >= 0.6 is 0 Å². The first-order chi connectivity index (χ1) is 10.2. The molecule has 0 amide bonds. The highest BCUT2D eigenvalue weighted by Crippen LogP contribution is 2.40. The lowest BCUT2D eigenvalue weighted by molar-refractivity contribution is -0.155. The molecule has 0 heterocycles. The summed E-state index contributed by atoms with van der Waals surface area (Å²) in [5.74, 6) is 0.594. The van der Waals surface area contributed by atoms with Gasteiger partial charge in [-0.2, -0.15) is 0 Å². The van der Waals surface area contributed by atoms with Gasteiger partial charge in [0, 0.05) is 5.69 Å². The Bertz CT molecular complexity index is 516. The van der Waals surface area contributed by atoms with Crippen LogP contribution in [0.2, 0.25) is 0 Å². The van der Waals surface area contributed by atoms with Crippen LogP contribution in [0.4, 0.5) is 5.69 Å². The molecular formula is C18H27NO3. The Kier molecular flexibility index (Phi) is 6.03. The minimum absolute atomic E-state index is 0.208. The quantitative estimate of drug-likeness (QED) is 0.360. The van der Waals surface area contributed by atoms with Crippen molar-refractivity contribution in [3.63, 3.8) is 0 Å². The van der Waals surface area contributed by atoms with Crippen LogP contribution < -0.4 is 10.5 Å². The highest BCUT2D eigenvalue weighted by molar-refractivity contribution is 5.77. The molecule has 22 heavy (non-hydrogen) atoms. The van der Waals surface area contributed by atoms with Gasteiger partial charge in [-0.25, -0.2) is 0 Å². The zero-order chi connectivity index (χ0) is 16.8. The minimum atomic E-state index is -0.587. The van der Waals surface area contributed by atoms with Crippen molar-refractivity contribution in [2.24, 2.45) is 10.8 Å². The average molecular weight is 305 g/mol. The van der Waals surface area contributed by atoms with E-state index in [4.69, 9.17) is 15.2 Å². The molecule has 0 aromatic heterocycles. The standard InChI is InChI=1S/C18H27NO3/c1-17(2,18(3,4)16(20)21-5)12-6-7-13-22-15-10-8-14(19)9-11-15/h6,8-12H,7,13,19H2,1-5H3/b12-6-. The molecule has 0 bridgehead atoms. The number of carbonyl (C=O) groups is 1. The van der Waals surface area contributed by atoms with Crippen LogP contribution in [-0.2, 0) is 9.53 Å². The third-order valence-electron chi connectivity index (χ3n) is 4.27. The molecule has 1 aromatic rings. The Morgan fingerprint density at radius 1 is 1.18 bits per heavy atom. The van der Waals surface area contributed by atoms with E-state index >= 15 is 0 Å². The predicted octanol–water partition coefficient (Wildman–Crippen LogP) is 3.82. The zero-order valence-electron chi connectivity index (χ0n) is 14.2. The Labute approximate surface area is 133 Å². The van der Waals surface area contributed by atoms with Crippen molar-refractivity contribution in [3.05, 3.63) is 36.4 Å². The van der Waals surface area contributed by atoms with E-state index < -0.39 is 5.41 Å². The number of hydrogen-bond acceptors (Lipinski definition) is 4. The van der Waals surface area contributed by atoms with Crippen molar-refractivity contribution in [1.82, 2.24) is 0 Å². The number of esters is 1. The number of ether oxygens (including phenoxy) is 2. The van der Waals surface area contributed by atoms with Gasteiger partial charge in [0.05, 0.1) is 19.1 Å². The molecule has 0 radical (unpaired) electrons. The fourth-order valence-corrected chi connectivity index (χ4v) is 1.91. The number of rotatable bonds is 7. The fraction of sp³-hybridized carbons (Fsp3) is 0.500. The summed E-state index contributed by atoms with van der Waals surface area (Å²) in [4.78, 5) is 11.9. The Morgan fingerprint density at radius 2 is 1.77 bits per heavy atom. The molecule has 122 valence electrons. The van der Waals surface area contributed by atoms with Crippen molar-refractivity contribution >= 4 is 11.7 Å². The molecule has 0 aliphatic rings. The molecule has 0 atom stereocenters. The molecule has 4 heteroatoms. The summed E-state index contributed by atoms with van der Waals surface area (Å²) >= 11 is 0. The lowest BCUT2D eigenvalue weighted by Crippen LogP contribution is -2.39. The van der Waals surface area contributed by atoms with Gasteiger partial charge in [-0.1, -0.05) is 26.0 Å². The predicted molar refractivity (Wildman–Crippen MR) is 89.7 cm³/mol. The van der Waals surface area contributed by atoms with E-state index in [9.17, 15) is 4.79 Å². The molecule has 1 aromatic carbocycles. The first kappa shape index (κ1) is 18.1. The fourth-order valence-electron chi connectivity index (χ4n) is 1.91. The summed E-state index contributed by atoms with van der Waals surface area (Å²) in [6.45, 7) is 8.43. The van der Waals surface area contributed by atoms with Crippen LogP contribution in [0.3, 0.4) is 0 Å². The highest BCUT2D eigenvalue weighted by atomic mass is 16.5. The summed E-state index contributed by atoms with van der Waals surface area (Å²) in [7, 11) is 1.42. The molecule has 0 saturated heterocycles. The number of nitrogen functional groups attached to an aromatic ring is 1. The maximum Gasteiger partial charge on any atom is 0.312 e. The summed E-state index contributed by atoms with van der Waals surface area (Å²) in [6.07, 6.45) is 4.86. The van der Waals surface area contributed by atoms with Gasteiger partial charge in [0.1, 0.15) is 5.75 Å². The van der Waals surface area contributed by atoms with Crippen LogP contribution in [0, 0.1) is 10.8 Å². The molecule has 4 nitrogen and oxygen atoms in total. The minimum Gasteiger partial charge on any atom is -0.493 e. The molecule has 1 rings (SSSR count). The van der Waals surface area contributed by atoms with Gasteiger partial charge in [-0.05, 0) is 49.9 Å². The third kappa shape index (κ3) is 4.52. The topological polar surface area (TPSA) is 61.5 Å². The van der Waals surface area contributed by atoms with Crippen LogP contribution in [0.5, 0.6) is 5.75 Å². The van der Waals surface area contributed by atoms with Crippen molar-refractivity contribution in [1.29, 1.82) is 0 Å². The average Bonchev–Trinajstić information content (AvgIpc) is 2.47. The molecule has 0 saturated carbocycles. The monoisotopic (exact) mass is 305 g/mol. The Balaban J connectivity index is 2.50. The smallest absolute Gasteiger partial charge is 0.312 e. The number of benzene rings is 1. The number of nitrogens with two attached hydrogens (primary N) is 1. The van der Waals surface area contributed by atoms with Gasteiger partial charge in [0.2, 0.25) is 0 Å². The van der Waals surface area contributed by atoms with Gasteiger partial charge in [0.15, 0.2) is 0 Å². The SMILES string of the molecule is COC(=O)C(C)(C)C(C)(C)/C=C\CCOc1ccc(N)cc1. The lowest BCUT2D eigenvalue weighted by Gasteiger charge is -2.36. The van der Waals surface area contributed by atoms with E-state index in [1.54, 1.807) is 0 Å². The van der Waals surface area contributed by atoms with Crippen molar-refractivity contribution < 1.29 is 14.3 Å². The van der Waals surface area contributed by atoms with Gasteiger partial charge in [-0.15, -0.1) is 0 Å². The molecule has 0 spiro atoms. The summed E-state index contributed by atoms with van der Waals surface area (Å²) in [6, 6.07) is 7.33. The molecule has 0 aliphatic carbocycles. The summed E-state index contributed by atoms with van der Waals surface area (Å²) < 4.78 is 10.5. The van der Waals surface area contributed by atoms with E-state index in [0.29, 0.717) is 6.61 Å². The first-order valence-electron chi connectivity index (χ1n) is 7.45. The maximum atomic E-state index is 11.9. The van der Waals surface area contributed by atoms with Gasteiger partial charge < -0.3 is 15.2 Å². The van der Waals surface area contributed by atoms with Gasteiger partial charge in [-0.3, -0.25) is 4.79 Å². The van der Waals surface area contributed by atoms with Gasteiger partial charge >= 0.3 is 5.97 Å². The van der Waals surface area contributed by atoms with E-state index in [1.807, 2.05) is 58.0 Å². The normalized spacial score (nSPS) is 12.4. The number of allylic oxidation sites excluding steroid dienone is 1. The van der Waals surface area contributed by atoms with Gasteiger partial charge in [0.25, 0.3) is 0 Å². The lowest BCUT2D eigenvalue weighted by atomic mass is 9.67. The maximum absolute atomic E-state index is 11.9. The number of anilines is 1. The van der Waals surface area contributed by atoms with E-state index in [-0.39, 0.29) is 11.4 Å². The second kappa shape index (κ2) is 7.34. The van der Waals surface area contributed by atoms with Crippen LogP contribution in [-0.4, -0.2) is 19.7 Å². The molecular weight excluding hydrogens is 278 g/mol. The largest absolute Gasteiger partial charge is 0.493 e. The summed E-state index contributed by atoms with van der Waals surface area (Å²) in [5, 5.41) is 0. The Hall–Kier alpha value is -1.97. The van der Waals surface area contributed by atoms with Crippen molar-refractivity contribution in [2.45, 2.75) is 34.1 Å². The Morgan fingerprint density at radius 3 is 2.32 bits per heavy atom. The van der Waals surface area contributed by atoms with Crippen molar-refractivity contribution in [2.75, 3.05) is 19.5 Å². The highest BCUT2D eigenvalue weighted by Gasteiger charge is 2.42. The number of methoxy groups -OCH3 is 1. The summed E-state index contributed by atoms with van der Waals surface area (Å²) in [5.41, 5.74) is 5.45. The third-order valence-corrected chi connectivity index (χ3v) is 4.27. The number of hydrogen-bond donors (Lipinski definition) is 1. The van der Waals surface area contributed by atoms with Crippen molar-refractivity contribution in [3.8, 4) is 5.75 Å². The second-order valence-electron chi connectivity index (χ2n) is 6.45. The molecule has 0 aliphatic heterocycles. The molecule has 0 unspecified atom stereocenters.